The lowest BCUT2D eigenvalue weighted by atomic mass is 10.1. The first-order chi connectivity index (χ1) is 8.76. The summed E-state index contributed by atoms with van der Waals surface area (Å²) in [5, 5.41) is 13.5. The molecular formula is C15H20N2S. The zero-order valence-corrected chi connectivity index (χ0v) is 11.9. The SMILES string of the molecule is CCSC1CCCC1Nc1c(C)cccc1C#N. The molecule has 2 nitrogen and oxygen atoms in total. The van der Waals surface area contributed by atoms with E-state index < -0.39 is 0 Å². The van der Waals surface area contributed by atoms with E-state index in [1.54, 1.807) is 0 Å². The highest BCUT2D eigenvalue weighted by molar-refractivity contribution is 7.99. The first-order valence-corrected chi connectivity index (χ1v) is 7.69. The summed E-state index contributed by atoms with van der Waals surface area (Å²) in [5.74, 6) is 1.17. The number of thioether (sulfide) groups is 1. The maximum Gasteiger partial charge on any atom is 0.101 e. The van der Waals surface area contributed by atoms with Crippen molar-refractivity contribution in [1.82, 2.24) is 0 Å². The highest BCUT2D eigenvalue weighted by atomic mass is 32.2. The predicted octanol–water partition coefficient (Wildman–Crippen LogP) is 3.95. The summed E-state index contributed by atoms with van der Waals surface area (Å²) in [7, 11) is 0. The minimum atomic E-state index is 0.517. The summed E-state index contributed by atoms with van der Waals surface area (Å²) in [4.78, 5) is 0. The summed E-state index contributed by atoms with van der Waals surface area (Å²) in [6, 6.07) is 8.72. The van der Waals surface area contributed by atoms with Crippen LogP contribution in [-0.4, -0.2) is 17.0 Å². The van der Waals surface area contributed by atoms with Gasteiger partial charge in [-0.3, -0.25) is 0 Å². The normalized spacial score (nSPS) is 22.7. The van der Waals surface area contributed by atoms with Crippen LogP contribution in [-0.2, 0) is 0 Å². The van der Waals surface area contributed by atoms with Crippen molar-refractivity contribution in [3.63, 3.8) is 0 Å². The molecule has 96 valence electrons. The van der Waals surface area contributed by atoms with Gasteiger partial charge in [0.05, 0.1) is 11.3 Å². The average Bonchev–Trinajstić information content (AvgIpc) is 2.80. The predicted molar refractivity (Wildman–Crippen MR) is 79.1 cm³/mol. The molecule has 2 unspecified atom stereocenters. The van der Waals surface area contributed by atoms with E-state index in [0.717, 1.165) is 11.3 Å². The number of hydrogen-bond acceptors (Lipinski definition) is 3. The minimum absolute atomic E-state index is 0.517. The molecule has 1 aliphatic carbocycles. The van der Waals surface area contributed by atoms with E-state index in [4.69, 9.17) is 0 Å². The fourth-order valence-corrected chi connectivity index (χ4v) is 3.84. The van der Waals surface area contributed by atoms with E-state index >= 15 is 0 Å². The molecule has 0 saturated heterocycles. The number of nitrogens with one attached hydrogen (secondary N) is 1. The molecule has 0 spiro atoms. The molecule has 0 aromatic heterocycles. The third-order valence-corrected chi connectivity index (χ3v) is 4.88. The van der Waals surface area contributed by atoms with Gasteiger partial charge in [-0.05, 0) is 37.1 Å². The zero-order chi connectivity index (χ0) is 13.0. The molecule has 2 rings (SSSR count). The molecule has 0 bridgehead atoms. The largest absolute Gasteiger partial charge is 0.380 e. The number of hydrogen-bond donors (Lipinski definition) is 1. The van der Waals surface area contributed by atoms with Crippen LogP contribution in [0.2, 0.25) is 0 Å². The van der Waals surface area contributed by atoms with Gasteiger partial charge in [0.1, 0.15) is 6.07 Å². The number of nitrogens with zero attached hydrogens (tertiary/aromatic N) is 1. The third-order valence-electron chi connectivity index (χ3n) is 3.56. The summed E-state index contributed by atoms with van der Waals surface area (Å²) < 4.78 is 0. The Morgan fingerprint density at radius 1 is 1.44 bits per heavy atom. The molecule has 2 atom stereocenters. The number of benzene rings is 1. The van der Waals surface area contributed by atoms with Gasteiger partial charge in [-0.2, -0.15) is 17.0 Å². The van der Waals surface area contributed by atoms with Crippen LogP contribution in [0, 0.1) is 18.3 Å². The summed E-state index contributed by atoms with van der Waals surface area (Å²) >= 11 is 2.04. The van der Waals surface area contributed by atoms with Crippen LogP contribution in [0.4, 0.5) is 5.69 Å². The smallest absolute Gasteiger partial charge is 0.101 e. The van der Waals surface area contributed by atoms with Gasteiger partial charge in [0.25, 0.3) is 0 Å². The Labute approximate surface area is 114 Å². The molecular weight excluding hydrogens is 240 g/mol. The van der Waals surface area contributed by atoms with E-state index in [1.165, 1.54) is 30.6 Å². The van der Waals surface area contributed by atoms with Gasteiger partial charge < -0.3 is 5.32 Å². The molecule has 1 fully saturated rings. The van der Waals surface area contributed by atoms with Crippen LogP contribution in [0.3, 0.4) is 0 Å². The van der Waals surface area contributed by atoms with Crippen LogP contribution in [0.1, 0.15) is 37.3 Å². The zero-order valence-electron chi connectivity index (χ0n) is 11.1. The molecule has 0 heterocycles. The van der Waals surface area contributed by atoms with Crippen molar-refractivity contribution in [3.8, 4) is 6.07 Å². The third kappa shape index (κ3) is 2.81. The fourth-order valence-electron chi connectivity index (χ4n) is 2.64. The van der Waals surface area contributed by atoms with Crippen LogP contribution in [0.25, 0.3) is 0 Å². The minimum Gasteiger partial charge on any atom is -0.380 e. The van der Waals surface area contributed by atoms with Crippen molar-refractivity contribution in [3.05, 3.63) is 29.3 Å². The average molecular weight is 260 g/mol. The summed E-state index contributed by atoms with van der Waals surface area (Å²) in [6.45, 7) is 4.29. The van der Waals surface area contributed by atoms with Crippen molar-refractivity contribution in [1.29, 1.82) is 5.26 Å². The lowest BCUT2D eigenvalue weighted by Gasteiger charge is -2.23. The van der Waals surface area contributed by atoms with Gasteiger partial charge >= 0.3 is 0 Å². The molecule has 0 aliphatic heterocycles. The molecule has 0 radical (unpaired) electrons. The maximum absolute atomic E-state index is 9.19. The van der Waals surface area contributed by atoms with E-state index in [9.17, 15) is 5.26 Å². The molecule has 1 aliphatic rings. The standard InChI is InChI=1S/C15H20N2S/c1-3-18-14-9-5-8-13(14)17-15-11(2)6-4-7-12(15)10-16/h4,6-7,13-14,17H,3,5,8-9H2,1-2H3. The number of aryl methyl sites for hydroxylation is 1. The van der Waals surface area contributed by atoms with Gasteiger partial charge in [0.15, 0.2) is 0 Å². The van der Waals surface area contributed by atoms with Crippen molar-refractivity contribution in [2.24, 2.45) is 0 Å². The maximum atomic E-state index is 9.19. The summed E-state index contributed by atoms with van der Waals surface area (Å²) in [6.07, 6.45) is 3.81. The van der Waals surface area contributed by atoms with E-state index in [1.807, 2.05) is 23.9 Å². The first-order valence-electron chi connectivity index (χ1n) is 6.64. The Hall–Kier alpha value is -1.14. The van der Waals surface area contributed by atoms with E-state index in [2.05, 4.69) is 31.3 Å². The topological polar surface area (TPSA) is 35.8 Å². The molecule has 1 aromatic rings. The van der Waals surface area contributed by atoms with Gasteiger partial charge in [-0.25, -0.2) is 0 Å². The Balaban J connectivity index is 2.16. The van der Waals surface area contributed by atoms with Crippen molar-refractivity contribution < 1.29 is 0 Å². The number of nitriles is 1. The molecule has 1 aromatic carbocycles. The van der Waals surface area contributed by atoms with Gasteiger partial charge in [0, 0.05) is 11.3 Å². The summed E-state index contributed by atoms with van der Waals surface area (Å²) in [5.41, 5.74) is 2.97. The number of anilines is 1. The molecule has 3 heteroatoms. The number of rotatable bonds is 4. The van der Waals surface area contributed by atoms with Crippen molar-refractivity contribution >= 4 is 17.4 Å². The van der Waals surface area contributed by atoms with Gasteiger partial charge in [-0.1, -0.05) is 25.5 Å². The molecule has 0 amide bonds. The first kappa shape index (κ1) is 13.3. The van der Waals surface area contributed by atoms with Crippen molar-refractivity contribution in [2.75, 3.05) is 11.1 Å². The number of para-hydroxylation sites is 1. The van der Waals surface area contributed by atoms with Gasteiger partial charge in [0.2, 0.25) is 0 Å². The lowest BCUT2D eigenvalue weighted by Crippen LogP contribution is -2.27. The van der Waals surface area contributed by atoms with Gasteiger partial charge in [-0.15, -0.1) is 0 Å². The quantitative estimate of drug-likeness (QED) is 0.890. The van der Waals surface area contributed by atoms with Crippen LogP contribution in [0.5, 0.6) is 0 Å². The van der Waals surface area contributed by atoms with Crippen LogP contribution >= 0.6 is 11.8 Å². The second-order valence-electron chi connectivity index (χ2n) is 4.78. The lowest BCUT2D eigenvalue weighted by molar-refractivity contribution is 0.766. The highest BCUT2D eigenvalue weighted by Crippen LogP contribution is 2.33. The molecule has 18 heavy (non-hydrogen) atoms. The Morgan fingerprint density at radius 2 is 2.28 bits per heavy atom. The fraction of sp³-hybridized carbons (Fsp3) is 0.533. The molecule has 1 N–H and O–H groups in total. The Bertz CT molecular complexity index is 450. The Morgan fingerprint density at radius 3 is 3.00 bits per heavy atom. The van der Waals surface area contributed by atoms with E-state index in [0.29, 0.717) is 11.3 Å². The Kier molecular flexibility index (Phi) is 4.54. The highest BCUT2D eigenvalue weighted by Gasteiger charge is 2.27. The monoisotopic (exact) mass is 260 g/mol. The van der Waals surface area contributed by atoms with E-state index in [-0.39, 0.29) is 0 Å². The van der Waals surface area contributed by atoms with Crippen LogP contribution < -0.4 is 5.32 Å². The van der Waals surface area contributed by atoms with Crippen LogP contribution in [0.15, 0.2) is 18.2 Å². The molecule has 1 saturated carbocycles. The second-order valence-corrected chi connectivity index (χ2v) is 6.30. The second kappa shape index (κ2) is 6.15. The van der Waals surface area contributed by atoms with Crippen molar-refractivity contribution in [2.45, 2.75) is 44.4 Å².